The summed E-state index contributed by atoms with van der Waals surface area (Å²) in [6, 6.07) is 7.36. The summed E-state index contributed by atoms with van der Waals surface area (Å²) in [7, 11) is 0. The summed E-state index contributed by atoms with van der Waals surface area (Å²) in [6.45, 7) is 5.97. The van der Waals surface area contributed by atoms with Crippen LogP contribution in [0.1, 0.15) is 40.0 Å². The number of rotatable bonds is 3. The number of aryl methyl sites for hydroxylation is 2. The van der Waals surface area contributed by atoms with Crippen molar-refractivity contribution in [3.63, 3.8) is 0 Å². The molecule has 0 fully saturated rings. The van der Waals surface area contributed by atoms with Crippen molar-refractivity contribution in [1.29, 1.82) is 0 Å². The summed E-state index contributed by atoms with van der Waals surface area (Å²) in [5, 5.41) is 10.3. The lowest BCUT2D eigenvalue weighted by Crippen LogP contribution is -2.27. The first-order valence-corrected chi connectivity index (χ1v) is 7.21. The first-order valence-electron chi connectivity index (χ1n) is 6.45. The lowest BCUT2D eigenvalue weighted by atomic mass is 10.00. The van der Waals surface area contributed by atoms with Crippen LogP contribution in [-0.2, 0) is 0 Å². The Morgan fingerprint density at radius 2 is 1.90 bits per heavy atom. The molecule has 0 radical (unpaired) electrons. The van der Waals surface area contributed by atoms with Crippen molar-refractivity contribution >= 4 is 29.1 Å². The van der Waals surface area contributed by atoms with E-state index in [1.54, 1.807) is 0 Å². The van der Waals surface area contributed by atoms with E-state index >= 15 is 0 Å². The molecular formula is C15H15Cl2N3O. The molecule has 1 atom stereocenters. The minimum atomic E-state index is -0.329. The van der Waals surface area contributed by atoms with Crippen LogP contribution in [0.3, 0.4) is 0 Å². The molecule has 0 saturated carbocycles. The van der Waals surface area contributed by atoms with Gasteiger partial charge in [0.25, 0.3) is 5.91 Å². The number of aromatic nitrogens is 2. The Balaban J connectivity index is 2.20. The number of halogens is 2. The van der Waals surface area contributed by atoms with Crippen LogP contribution in [0.25, 0.3) is 0 Å². The minimum Gasteiger partial charge on any atom is -0.345 e. The highest BCUT2D eigenvalue weighted by Gasteiger charge is 2.17. The Labute approximate surface area is 133 Å². The van der Waals surface area contributed by atoms with Gasteiger partial charge in [-0.15, -0.1) is 10.2 Å². The van der Waals surface area contributed by atoms with E-state index in [4.69, 9.17) is 23.2 Å². The molecular weight excluding hydrogens is 309 g/mol. The lowest BCUT2D eigenvalue weighted by Gasteiger charge is -2.17. The zero-order valence-corrected chi connectivity index (χ0v) is 13.5. The zero-order chi connectivity index (χ0) is 15.6. The van der Waals surface area contributed by atoms with Crippen molar-refractivity contribution < 1.29 is 4.79 Å². The van der Waals surface area contributed by atoms with E-state index in [9.17, 15) is 4.79 Å². The smallest absolute Gasteiger partial charge is 0.255 e. The number of nitrogens with one attached hydrogen (secondary N) is 1. The zero-order valence-electron chi connectivity index (χ0n) is 11.9. The largest absolute Gasteiger partial charge is 0.345 e. The van der Waals surface area contributed by atoms with Gasteiger partial charge in [0, 0.05) is 0 Å². The Morgan fingerprint density at radius 3 is 2.57 bits per heavy atom. The van der Waals surface area contributed by atoms with Crippen LogP contribution >= 0.6 is 23.2 Å². The van der Waals surface area contributed by atoms with Gasteiger partial charge in [0.05, 0.1) is 11.6 Å². The molecule has 0 saturated heterocycles. The van der Waals surface area contributed by atoms with Gasteiger partial charge in [-0.3, -0.25) is 4.79 Å². The Kier molecular flexibility index (Phi) is 4.80. The van der Waals surface area contributed by atoms with E-state index in [2.05, 4.69) is 21.6 Å². The highest BCUT2D eigenvalue weighted by atomic mass is 35.5. The Hall–Kier alpha value is -1.65. The standard InChI is InChI=1S/C15H15Cl2N3O/c1-8-4-5-11(9(2)6-8)10(3)18-15(21)12-7-13(16)19-20-14(12)17/h4-7,10H,1-3H3,(H,18,21). The van der Waals surface area contributed by atoms with E-state index in [1.807, 2.05) is 32.9 Å². The SMILES string of the molecule is Cc1ccc(C(C)NC(=O)c2cc(Cl)nnc2Cl)c(C)c1. The van der Waals surface area contributed by atoms with E-state index in [0.717, 1.165) is 11.1 Å². The first-order chi connectivity index (χ1) is 9.88. The average Bonchev–Trinajstić information content (AvgIpc) is 2.41. The molecule has 2 rings (SSSR count). The molecule has 6 heteroatoms. The molecule has 1 aromatic heterocycles. The molecule has 110 valence electrons. The van der Waals surface area contributed by atoms with Gasteiger partial charge >= 0.3 is 0 Å². The predicted octanol–water partition coefficient (Wildman–Crippen LogP) is 3.89. The fraction of sp³-hybridized carbons (Fsp3) is 0.267. The summed E-state index contributed by atoms with van der Waals surface area (Å²) in [5.41, 5.74) is 3.58. The maximum Gasteiger partial charge on any atom is 0.255 e. The van der Waals surface area contributed by atoms with Crippen LogP contribution in [0, 0.1) is 13.8 Å². The van der Waals surface area contributed by atoms with Gasteiger partial charge < -0.3 is 5.32 Å². The van der Waals surface area contributed by atoms with Crippen LogP contribution in [0.5, 0.6) is 0 Å². The van der Waals surface area contributed by atoms with E-state index < -0.39 is 0 Å². The Morgan fingerprint density at radius 1 is 1.19 bits per heavy atom. The van der Waals surface area contributed by atoms with Crippen molar-refractivity contribution in [2.24, 2.45) is 0 Å². The quantitative estimate of drug-likeness (QED) is 0.932. The number of nitrogens with zero attached hydrogens (tertiary/aromatic N) is 2. The molecule has 0 aliphatic rings. The van der Waals surface area contributed by atoms with Gasteiger partial charge in [-0.25, -0.2) is 0 Å². The molecule has 0 bridgehead atoms. The molecule has 0 aliphatic heterocycles. The summed E-state index contributed by atoms with van der Waals surface area (Å²) < 4.78 is 0. The second-order valence-corrected chi connectivity index (χ2v) is 5.67. The maximum atomic E-state index is 12.3. The van der Waals surface area contributed by atoms with Gasteiger partial charge in [0.2, 0.25) is 0 Å². The molecule has 1 heterocycles. The third-order valence-electron chi connectivity index (χ3n) is 3.20. The highest BCUT2D eigenvalue weighted by molar-refractivity contribution is 6.34. The van der Waals surface area contributed by atoms with Crippen LogP contribution in [0.2, 0.25) is 10.3 Å². The predicted molar refractivity (Wildman–Crippen MR) is 83.8 cm³/mol. The summed E-state index contributed by atoms with van der Waals surface area (Å²) in [4.78, 5) is 12.3. The average molecular weight is 324 g/mol. The number of carbonyl (C=O) groups is 1. The molecule has 4 nitrogen and oxygen atoms in total. The van der Waals surface area contributed by atoms with Crippen molar-refractivity contribution in [2.75, 3.05) is 0 Å². The molecule has 1 N–H and O–H groups in total. The van der Waals surface area contributed by atoms with Gasteiger partial charge in [0.15, 0.2) is 10.3 Å². The second kappa shape index (κ2) is 6.41. The number of carbonyl (C=O) groups excluding carboxylic acids is 1. The van der Waals surface area contributed by atoms with Crippen molar-refractivity contribution in [2.45, 2.75) is 26.8 Å². The summed E-state index contributed by atoms with van der Waals surface area (Å²) in [5.74, 6) is -0.329. The maximum absolute atomic E-state index is 12.3. The molecule has 1 aromatic carbocycles. The molecule has 1 unspecified atom stereocenters. The second-order valence-electron chi connectivity index (χ2n) is 4.93. The molecule has 21 heavy (non-hydrogen) atoms. The summed E-state index contributed by atoms with van der Waals surface area (Å²) in [6.07, 6.45) is 0. The molecule has 2 aromatic rings. The topological polar surface area (TPSA) is 54.9 Å². The van der Waals surface area contributed by atoms with Crippen LogP contribution in [0.15, 0.2) is 24.3 Å². The Bertz CT molecular complexity index is 689. The molecule has 0 spiro atoms. The van der Waals surface area contributed by atoms with Crippen molar-refractivity contribution in [3.8, 4) is 0 Å². The van der Waals surface area contributed by atoms with E-state index in [0.29, 0.717) is 0 Å². The van der Waals surface area contributed by atoms with Crippen LogP contribution in [-0.4, -0.2) is 16.1 Å². The van der Waals surface area contributed by atoms with Crippen molar-refractivity contribution in [1.82, 2.24) is 15.5 Å². The number of benzene rings is 1. The van der Waals surface area contributed by atoms with E-state index in [1.165, 1.54) is 11.6 Å². The molecule has 1 amide bonds. The first kappa shape index (κ1) is 15.7. The third kappa shape index (κ3) is 3.71. The highest BCUT2D eigenvalue weighted by Crippen LogP contribution is 2.21. The number of hydrogen-bond acceptors (Lipinski definition) is 3. The fourth-order valence-electron chi connectivity index (χ4n) is 2.18. The molecule has 0 aliphatic carbocycles. The van der Waals surface area contributed by atoms with Gasteiger partial charge in [0.1, 0.15) is 0 Å². The lowest BCUT2D eigenvalue weighted by molar-refractivity contribution is 0.0939. The fourth-order valence-corrected chi connectivity index (χ4v) is 2.50. The van der Waals surface area contributed by atoms with Crippen LogP contribution in [0.4, 0.5) is 0 Å². The van der Waals surface area contributed by atoms with Crippen molar-refractivity contribution in [3.05, 3.63) is 56.8 Å². The monoisotopic (exact) mass is 323 g/mol. The van der Waals surface area contributed by atoms with Gasteiger partial charge in [-0.1, -0.05) is 47.0 Å². The number of amides is 1. The third-order valence-corrected chi connectivity index (χ3v) is 3.67. The van der Waals surface area contributed by atoms with Gasteiger partial charge in [-0.2, -0.15) is 0 Å². The van der Waals surface area contributed by atoms with Gasteiger partial charge in [-0.05, 0) is 38.0 Å². The normalized spacial score (nSPS) is 12.0. The van der Waals surface area contributed by atoms with Crippen LogP contribution < -0.4 is 5.32 Å². The summed E-state index contributed by atoms with van der Waals surface area (Å²) >= 11 is 11.6. The number of hydrogen-bond donors (Lipinski definition) is 1. The van der Waals surface area contributed by atoms with E-state index in [-0.39, 0.29) is 27.8 Å². The minimum absolute atomic E-state index is 0.0322.